The number of sulfonamides is 1. The number of amides is 1. The highest BCUT2D eigenvalue weighted by molar-refractivity contribution is 7.92. The predicted molar refractivity (Wildman–Crippen MR) is 136 cm³/mol. The van der Waals surface area contributed by atoms with Crippen LogP contribution < -0.4 is 24.2 Å². The standard InChI is InChI=1S/C26H30N2O6S/c1-17(2)22-8-6-7-9-24(22)34-18(3)26(29)27-19-10-13-21(14-11-19)35(30,31)28-23-16-20(32-4)12-15-25(23)33-5/h6-18,28H,1-5H3,(H,27,29)/t18-/m1/s1. The van der Waals surface area contributed by atoms with Gasteiger partial charge in [-0.05, 0) is 60.9 Å². The minimum atomic E-state index is -3.91. The summed E-state index contributed by atoms with van der Waals surface area (Å²) >= 11 is 0. The molecule has 2 N–H and O–H groups in total. The Balaban J connectivity index is 1.69. The second kappa shape index (κ2) is 11.1. The zero-order valence-electron chi connectivity index (χ0n) is 20.4. The first-order chi connectivity index (χ1) is 16.6. The Kier molecular flexibility index (Phi) is 8.24. The monoisotopic (exact) mass is 498 g/mol. The van der Waals surface area contributed by atoms with Crippen LogP contribution in [-0.4, -0.2) is 34.6 Å². The van der Waals surface area contributed by atoms with Crippen molar-refractivity contribution in [1.82, 2.24) is 0 Å². The van der Waals surface area contributed by atoms with Crippen molar-refractivity contribution in [3.63, 3.8) is 0 Å². The number of hydrogen-bond acceptors (Lipinski definition) is 6. The van der Waals surface area contributed by atoms with E-state index in [9.17, 15) is 13.2 Å². The summed E-state index contributed by atoms with van der Waals surface area (Å²) in [5, 5.41) is 2.76. The molecule has 1 atom stereocenters. The number of para-hydroxylation sites is 1. The van der Waals surface area contributed by atoms with E-state index in [4.69, 9.17) is 14.2 Å². The number of nitrogens with one attached hydrogen (secondary N) is 2. The fraction of sp³-hybridized carbons (Fsp3) is 0.269. The molecular formula is C26H30N2O6S. The SMILES string of the molecule is COc1ccc(OC)c(NS(=O)(=O)c2ccc(NC(=O)[C@@H](C)Oc3ccccc3C(C)C)cc2)c1. The van der Waals surface area contributed by atoms with Crippen LogP contribution in [0.5, 0.6) is 17.2 Å². The van der Waals surface area contributed by atoms with Crippen molar-refractivity contribution in [2.75, 3.05) is 24.3 Å². The second-order valence-corrected chi connectivity index (χ2v) is 9.82. The number of benzene rings is 3. The van der Waals surface area contributed by atoms with Gasteiger partial charge in [0.05, 0.1) is 24.8 Å². The number of ether oxygens (including phenoxy) is 3. The van der Waals surface area contributed by atoms with Crippen LogP contribution in [0.3, 0.4) is 0 Å². The molecule has 0 radical (unpaired) electrons. The van der Waals surface area contributed by atoms with E-state index in [0.717, 1.165) is 5.56 Å². The third-order valence-corrected chi connectivity index (χ3v) is 6.68. The van der Waals surface area contributed by atoms with E-state index in [1.54, 1.807) is 19.1 Å². The summed E-state index contributed by atoms with van der Waals surface area (Å²) in [7, 11) is -0.973. The van der Waals surface area contributed by atoms with Gasteiger partial charge in [0.15, 0.2) is 6.10 Å². The highest BCUT2D eigenvalue weighted by atomic mass is 32.2. The molecule has 186 valence electrons. The molecule has 8 nitrogen and oxygen atoms in total. The molecule has 0 bridgehead atoms. The number of carbonyl (C=O) groups excluding carboxylic acids is 1. The van der Waals surface area contributed by atoms with E-state index < -0.39 is 16.1 Å². The molecule has 1 amide bonds. The maximum Gasteiger partial charge on any atom is 0.265 e. The number of anilines is 2. The predicted octanol–water partition coefficient (Wildman–Crippen LogP) is 5.03. The fourth-order valence-corrected chi connectivity index (χ4v) is 4.43. The molecule has 0 aliphatic rings. The largest absolute Gasteiger partial charge is 0.497 e. The number of rotatable bonds is 10. The summed E-state index contributed by atoms with van der Waals surface area (Å²) in [6, 6.07) is 18.3. The van der Waals surface area contributed by atoms with Crippen molar-refractivity contribution in [1.29, 1.82) is 0 Å². The molecule has 0 aliphatic heterocycles. The van der Waals surface area contributed by atoms with E-state index in [1.165, 1.54) is 44.6 Å². The Bertz CT molecular complexity index is 1270. The minimum Gasteiger partial charge on any atom is -0.497 e. The maximum atomic E-state index is 12.9. The van der Waals surface area contributed by atoms with Gasteiger partial charge in [-0.25, -0.2) is 8.42 Å². The molecule has 3 aromatic rings. The van der Waals surface area contributed by atoms with Crippen molar-refractivity contribution >= 4 is 27.3 Å². The first kappa shape index (κ1) is 25.9. The first-order valence-electron chi connectivity index (χ1n) is 11.1. The minimum absolute atomic E-state index is 0.0236. The molecule has 0 aromatic heterocycles. The van der Waals surface area contributed by atoms with E-state index >= 15 is 0 Å². The Morgan fingerprint density at radius 1 is 0.857 bits per heavy atom. The molecular weight excluding hydrogens is 468 g/mol. The molecule has 0 unspecified atom stereocenters. The van der Waals surface area contributed by atoms with Crippen LogP contribution in [0.1, 0.15) is 32.3 Å². The molecule has 0 spiro atoms. The number of methoxy groups -OCH3 is 2. The Hall–Kier alpha value is -3.72. The van der Waals surface area contributed by atoms with E-state index in [1.807, 2.05) is 24.3 Å². The molecule has 0 saturated heterocycles. The van der Waals surface area contributed by atoms with Crippen LogP contribution in [0.25, 0.3) is 0 Å². The van der Waals surface area contributed by atoms with E-state index in [0.29, 0.717) is 22.9 Å². The second-order valence-electron chi connectivity index (χ2n) is 8.14. The fourth-order valence-electron chi connectivity index (χ4n) is 3.37. The lowest BCUT2D eigenvalue weighted by Gasteiger charge is -2.19. The van der Waals surface area contributed by atoms with Gasteiger partial charge < -0.3 is 19.5 Å². The Morgan fingerprint density at radius 2 is 1.54 bits per heavy atom. The lowest BCUT2D eigenvalue weighted by Crippen LogP contribution is -2.30. The smallest absolute Gasteiger partial charge is 0.265 e. The topological polar surface area (TPSA) is 103 Å². The lowest BCUT2D eigenvalue weighted by atomic mass is 10.0. The molecule has 0 saturated carbocycles. The Labute approximate surface area is 206 Å². The van der Waals surface area contributed by atoms with Crippen molar-refractivity contribution < 1.29 is 27.4 Å². The molecule has 0 heterocycles. The van der Waals surface area contributed by atoms with Gasteiger partial charge >= 0.3 is 0 Å². The zero-order chi connectivity index (χ0) is 25.6. The highest BCUT2D eigenvalue weighted by Gasteiger charge is 2.20. The normalized spacial score (nSPS) is 12.1. The van der Waals surface area contributed by atoms with Crippen LogP contribution in [0.4, 0.5) is 11.4 Å². The summed E-state index contributed by atoms with van der Waals surface area (Å²) in [6.45, 7) is 5.78. The van der Waals surface area contributed by atoms with Crippen LogP contribution in [0.2, 0.25) is 0 Å². The molecule has 0 fully saturated rings. The van der Waals surface area contributed by atoms with Gasteiger partial charge in [0.2, 0.25) is 0 Å². The van der Waals surface area contributed by atoms with Crippen molar-refractivity contribution in [2.45, 2.75) is 37.7 Å². The average molecular weight is 499 g/mol. The summed E-state index contributed by atoms with van der Waals surface area (Å²) in [4.78, 5) is 12.7. The van der Waals surface area contributed by atoms with Gasteiger partial charge in [0.1, 0.15) is 17.2 Å². The zero-order valence-corrected chi connectivity index (χ0v) is 21.2. The Morgan fingerprint density at radius 3 is 2.17 bits per heavy atom. The van der Waals surface area contributed by atoms with Crippen LogP contribution >= 0.6 is 0 Å². The van der Waals surface area contributed by atoms with Crippen LogP contribution in [0.15, 0.2) is 71.6 Å². The van der Waals surface area contributed by atoms with E-state index in [2.05, 4.69) is 23.9 Å². The number of hydrogen-bond donors (Lipinski definition) is 2. The van der Waals surface area contributed by atoms with Gasteiger partial charge in [0.25, 0.3) is 15.9 Å². The number of carbonyl (C=O) groups is 1. The highest BCUT2D eigenvalue weighted by Crippen LogP contribution is 2.31. The average Bonchev–Trinajstić information content (AvgIpc) is 2.84. The lowest BCUT2D eigenvalue weighted by molar-refractivity contribution is -0.122. The third-order valence-electron chi connectivity index (χ3n) is 5.30. The summed E-state index contributed by atoms with van der Waals surface area (Å²) in [6.07, 6.45) is -0.750. The van der Waals surface area contributed by atoms with Gasteiger partial charge in [-0.3, -0.25) is 9.52 Å². The molecule has 9 heteroatoms. The summed E-state index contributed by atoms with van der Waals surface area (Å²) in [5.41, 5.74) is 1.71. The van der Waals surface area contributed by atoms with Crippen molar-refractivity contribution in [3.8, 4) is 17.2 Å². The van der Waals surface area contributed by atoms with Gasteiger partial charge in [-0.2, -0.15) is 0 Å². The molecule has 35 heavy (non-hydrogen) atoms. The third kappa shape index (κ3) is 6.45. The molecule has 0 aliphatic carbocycles. The van der Waals surface area contributed by atoms with Crippen molar-refractivity contribution in [3.05, 3.63) is 72.3 Å². The van der Waals surface area contributed by atoms with Gasteiger partial charge in [0, 0.05) is 11.8 Å². The maximum absolute atomic E-state index is 12.9. The van der Waals surface area contributed by atoms with Crippen molar-refractivity contribution in [2.24, 2.45) is 0 Å². The summed E-state index contributed by atoms with van der Waals surface area (Å²) in [5.74, 6) is 1.39. The first-order valence-corrected chi connectivity index (χ1v) is 12.5. The van der Waals surface area contributed by atoms with Gasteiger partial charge in [-0.1, -0.05) is 32.0 Å². The van der Waals surface area contributed by atoms with E-state index in [-0.39, 0.29) is 22.4 Å². The quantitative estimate of drug-likeness (QED) is 0.406. The van der Waals surface area contributed by atoms with Crippen LogP contribution in [-0.2, 0) is 14.8 Å². The molecule has 3 rings (SSSR count). The summed E-state index contributed by atoms with van der Waals surface area (Å²) < 4.78 is 44.6. The van der Waals surface area contributed by atoms with Gasteiger partial charge in [-0.15, -0.1) is 0 Å². The molecule has 3 aromatic carbocycles. The van der Waals surface area contributed by atoms with Crippen LogP contribution in [0, 0.1) is 0 Å².